The number of amides is 2. The van der Waals surface area contributed by atoms with Crippen LogP contribution in [0.15, 0.2) is 78.9 Å². The Morgan fingerprint density at radius 1 is 0.861 bits per heavy atom. The van der Waals surface area contributed by atoms with Gasteiger partial charge in [-0.05, 0) is 66.9 Å². The zero-order valence-corrected chi connectivity index (χ0v) is 19.4. The maximum atomic E-state index is 16.2. The molecule has 3 N–H and O–H groups in total. The Morgan fingerprint density at radius 3 is 2.03 bits per heavy atom. The summed E-state index contributed by atoms with van der Waals surface area (Å²) in [6.45, 7) is 0.740. The zero-order valence-electron chi connectivity index (χ0n) is 19.4. The number of carboxylic acids is 1. The number of likely N-dealkylation sites (tertiary alicyclic amines) is 1. The number of carbonyl (C=O) groups excluding carboxylic acids is 2. The van der Waals surface area contributed by atoms with Gasteiger partial charge in [-0.1, -0.05) is 30.3 Å². The minimum atomic E-state index is -2.69. The van der Waals surface area contributed by atoms with Crippen LogP contribution in [0.5, 0.6) is 5.75 Å². The highest BCUT2D eigenvalue weighted by atomic mass is 19.2. The lowest BCUT2D eigenvalue weighted by molar-refractivity contribution is -0.191. The molecule has 1 aliphatic heterocycles. The van der Waals surface area contributed by atoms with Crippen LogP contribution in [0.1, 0.15) is 28.8 Å². The SMILES string of the molecule is O=C(Nc1ccccc1)Nc1ccc(CC(=O)C(F)(Oc2ccc(C(=O)O)cc2)N2CCCC2)cc1. The van der Waals surface area contributed by atoms with E-state index in [0.717, 1.165) is 12.8 Å². The lowest BCUT2D eigenvalue weighted by atomic mass is 10.1. The van der Waals surface area contributed by atoms with Crippen molar-refractivity contribution in [3.8, 4) is 5.75 Å². The number of halogens is 1. The van der Waals surface area contributed by atoms with Crippen molar-refractivity contribution >= 4 is 29.2 Å². The summed E-state index contributed by atoms with van der Waals surface area (Å²) in [5.41, 5.74) is 1.75. The summed E-state index contributed by atoms with van der Waals surface area (Å²) in [6.07, 6.45) is 1.26. The van der Waals surface area contributed by atoms with Gasteiger partial charge in [0.05, 0.1) is 5.56 Å². The van der Waals surface area contributed by atoms with E-state index in [1.54, 1.807) is 36.4 Å². The summed E-state index contributed by atoms with van der Waals surface area (Å²) in [6, 6.07) is 20.4. The minimum absolute atomic E-state index is 0.0328. The third-order valence-electron chi connectivity index (χ3n) is 5.82. The highest BCUT2D eigenvalue weighted by molar-refractivity contribution is 5.99. The Morgan fingerprint density at radius 2 is 1.44 bits per heavy atom. The molecule has 0 bridgehead atoms. The van der Waals surface area contributed by atoms with Gasteiger partial charge in [-0.15, -0.1) is 0 Å². The first-order chi connectivity index (χ1) is 17.3. The number of Topliss-reactive ketones (excluding diaryl/α,β-unsaturated/α-hetero) is 1. The van der Waals surface area contributed by atoms with E-state index in [-0.39, 0.29) is 17.7 Å². The number of alkyl halides is 1. The predicted molar refractivity (Wildman–Crippen MR) is 133 cm³/mol. The van der Waals surface area contributed by atoms with E-state index >= 15 is 4.39 Å². The number of rotatable bonds is 9. The van der Waals surface area contributed by atoms with Crippen LogP contribution in [0, 0.1) is 0 Å². The molecule has 0 radical (unpaired) electrons. The second-order valence-electron chi connectivity index (χ2n) is 8.43. The maximum Gasteiger partial charge on any atom is 0.371 e. The second-order valence-corrected chi connectivity index (χ2v) is 8.43. The molecule has 1 heterocycles. The van der Waals surface area contributed by atoms with Crippen LogP contribution in [0.3, 0.4) is 0 Å². The lowest BCUT2D eigenvalue weighted by Gasteiger charge is -2.33. The first-order valence-corrected chi connectivity index (χ1v) is 11.5. The van der Waals surface area contributed by atoms with Crippen molar-refractivity contribution in [3.63, 3.8) is 0 Å². The highest BCUT2D eigenvalue weighted by Gasteiger charge is 2.48. The van der Waals surface area contributed by atoms with Crippen LogP contribution in [-0.4, -0.2) is 46.9 Å². The van der Waals surface area contributed by atoms with E-state index in [1.165, 1.54) is 29.2 Å². The number of benzene rings is 3. The minimum Gasteiger partial charge on any atom is -0.478 e. The molecule has 0 aromatic heterocycles. The molecule has 0 spiro atoms. The molecule has 8 nitrogen and oxygen atoms in total. The Bertz CT molecular complexity index is 1210. The number of ether oxygens (including phenoxy) is 1. The van der Waals surface area contributed by atoms with Crippen LogP contribution < -0.4 is 15.4 Å². The summed E-state index contributed by atoms with van der Waals surface area (Å²) >= 11 is 0. The molecule has 1 saturated heterocycles. The van der Waals surface area contributed by atoms with Gasteiger partial charge in [0.15, 0.2) is 0 Å². The van der Waals surface area contributed by atoms with E-state index in [0.29, 0.717) is 30.0 Å². The summed E-state index contributed by atoms with van der Waals surface area (Å²) in [5, 5.41) is 14.5. The van der Waals surface area contributed by atoms with E-state index in [1.807, 2.05) is 18.2 Å². The van der Waals surface area contributed by atoms with Gasteiger partial charge >= 0.3 is 18.0 Å². The van der Waals surface area contributed by atoms with Crippen molar-refractivity contribution in [1.29, 1.82) is 0 Å². The third kappa shape index (κ3) is 6.05. The molecule has 36 heavy (non-hydrogen) atoms. The standard InChI is InChI=1S/C27H26FN3O5/c28-27(31-16-4-5-17-31,36-23-14-10-20(11-15-23)25(33)34)24(32)18-19-8-12-22(13-9-19)30-26(35)29-21-6-2-1-3-7-21/h1-3,6-15H,4-5,16-18H2,(H,33,34)(H2,29,30,35). The summed E-state index contributed by atoms with van der Waals surface area (Å²) in [4.78, 5) is 37.8. The van der Waals surface area contributed by atoms with Crippen LogP contribution in [0.25, 0.3) is 0 Å². The predicted octanol–water partition coefficient (Wildman–Crippen LogP) is 4.94. The number of hydrogen-bond donors (Lipinski definition) is 3. The monoisotopic (exact) mass is 491 g/mol. The van der Waals surface area contributed by atoms with Crippen LogP contribution in [0.4, 0.5) is 20.6 Å². The van der Waals surface area contributed by atoms with E-state index in [9.17, 15) is 14.4 Å². The molecule has 1 aliphatic rings. The van der Waals surface area contributed by atoms with Gasteiger partial charge in [-0.3, -0.25) is 4.79 Å². The topological polar surface area (TPSA) is 108 Å². The van der Waals surface area contributed by atoms with Crippen LogP contribution >= 0.6 is 0 Å². The maximum absolute atomic E-state index is 16.2. The van der Waals surface area contributed by atoms with Crippen molar-refractivity contribution < 1.29 is 28.6 Å². The Balaban J connectivity index is 1.42. The third-order valence-corrected chi connectivity index (χ3v) is 5.82. The number of urea groups is 1. The number of nitrogens with one attached hydrogen (secondary N) is 2. The molecule has 0 saturated carbocycles. The lowest BCUT2D eigenvalue weighted by Crippen LogP contribution is -2.55. The zero-order chi connectivity index (χ0) is 25.5. The molecule has 186 valence electrons. The van der Waals surface area contributed by atoms with Crippen molar-refractivity contribution in [2.24, 2.45) is 0 Å². The molecule has 3 aromatic carbocycles. The average Bonchev–Trinajstić information content (AvgIpc) is 3.42. The number of aromatic carboxylic acids is 1. The number of ketones is 1. The number of anilines is 2. The normalized spacial score (nSPS) is 15.0. The van der Waals surface area contributed by atoms with Gasteiger partial charge in [0, 0.05) is 30.9 Å². The number of carbonyl (C=O) groups is 3. The fourth-order valence-corrected chi connectivity index (χ4v) is 3.94. The molecule has 4 rings (SSSR count). The van der Waals surface area contributed by atoms with Gasteiger partial charge in [-0.25, -0.2) is 14.5 Å². The molecule has 1 atom stereocenters. The van der Waals surface area contributed by atoms with Gasteiger partial charge in [0.1, 0.15) is 5.75 Å². The van der Waals surface area contributed by atoms with Gasteiger partial charge in [0.25, 0.3) is 0 Å². The van der Waals surface area contributed by atoms with Gasteiger partial charge in [-0.2, -0.15) is 4.39 Å². The molecular formula is C27H26FN3O5. The van der Waals surface area contributed by atoms with E-state index in [4.69, 9.17) is 9.84 Å². The summed E-state index contributed by atoms with van der Waals surface area (Å²) < 4.78 is 21.7. The summed E-state index contributed by atoms with van der Waals surface area (Å²) in [5.74, 6) is -4.51. The van der Waals surface area contributed by atoms with Crippen LogP contribution in [-0.2, 0) is 11.2 Å². The quantitative estimate of drug-likeness (QED) is 0.366. The first-order valence-electron chi connectivity index (χ1n) is 11.5. The highest BCUT2D eigenvalue weighted by Crippen LogP contribution is 2.30. The van der Waals surface area contributed by atoms with Crippen molar-refractivity contribution in [2.45, 2.75) is 25.2 Å². The number of para-hydroxylation sites is 1. The molecular weight excluding hydrogens is 465 g/mol. The van der Waals surface area contributed by atoms with Gasteiger partial charge in [0.2, 0.25) is 5.78 Å². The van der Waals surface area contributed by atoms with Crippen molar-refractivity contribution in [3.05, 3.63) is 90.0 Å². The first kappa shape index (κ1) is 24.9. The van der Waals surface area contributed by atoms with Gasteiger partial charge < -0.3 is 20.5 Å². The van der Waals surface area contributed by atoms with Crippen molar-refractivity contribution in [1.82, 2.24) is 4.90 Å². The smallest absolute Gasteiger partial charge is 0.371 e. The fourth-order valence-electron chi connectivity index (χ4n) is 3.94. The molecule has 1 fully saturated rings. The van der Waals surface area contributed by atoms with Crippen LogP contribution in [0.2, 0.25) is 0 Å². The summed E-state index contributed by atoms with van der Waals surface area (Å²) in [7, 11) is 0. The Kier molecular flexibility index (Phi) is 7.60. The number of carboxylic acid groups (broad SMARTS) is 1. The fraction of sp³-hybridized carbons (Fsp3) is 0.222. The van der Waals surface area contributed by atoms with Crippen molar-refractivity contribution in [2.75, 3.05) is 23.7 Å². The number of hydrogen-bond acceptors (Lipinski definition) is 5. The molecule has 9 heteroatoms. The average molecular weight is 492 g/mol. The largest absolute Gasteiger partial charge is 0.478 e. The Labute approximate surface area is 207 Å². The molecule has 0 aliphatic carbocycles. The van der Waals surface area contributed by atoms with E-state index < -0.39 is 23.8 Å². The molecule has 3 aromatic rings. The van der Waals surface area contributed by atoms with E-state index in [2.05, 4.69) is 10.6 Å². The molecule has 2 amide bonds. The Hall–Kier alpha value is -4.24. The molecule has 1 unspecified atom stereocenters. The number of nitrogens with zero attached hydrogens (tertiary/aromatic N) is 1. The second kappa shape index (κ2) is 11.0.